The Balaban J connectivity index is 1.48. The van der Waals surface area contributed by atoms with Crippen LogP contribution >= 0.6 is 0 Å². The minimum atomic E-state index is -3.99. The van der Waals surface area contributed by atoms with Crippen LogP contribution in [-0.4, -0.2) is 55.6 Å². The Bertz CT molecular complexity index is 1440. The van der Waals surface area contributed by atoms with E-state index in [1.54, 1.807) is 13.1 Å². The summed E-state index contributed by atoms with van der Waals surface area (Å²) in [5, 5.41) is 2.62. The van der Waals surface area contributed by atoms with Crippen LogP contribution in [0.25, 0.3) is 0 Å². The van der Waals surface area contributed by atoms with Crippen molar-refractivity contribution in [2.24, 2.45) is 0 Å². The van der Waals surface area contributed by atoms with Gasteiger partial charge in [0.2, 0.25) is 15.9 Å². The molecule has 0 bridgehead atoms. The quantitative estimate of drug-likeness (QED) is 0.409. The molecule has 1 unspecified atom stereocenters. The topological polar surface area (TPSA) is 113 Å². The first-order valence-corrected chi connectivity index (χ1v) is 14.0. The molecule has 3 aromatic rings. The number of ether oxygens (including phenoxy) is 1. The SMILES string of the molecule is CC(=O)Nc1ccc(S(=O)(=O)N2CCc3ccccc3C2CC(=O)OCC(=O)N(C)Cc2ccccc2)cc1. The molecule has 10 heteroatoms. The van der Waals surface area contributed by atoms with E-state index in [4.69, 9.17) is 4.74 Å². The Morgan fingerprint density at radius 3 is 2.33 bits per heavy atom. The van der Waals surface area contributed by atoms with E-state index in [1.807, 2.05) is 48.5 Å². The number of benzene rings is 3. The number of carbonyl (C=O) groups is 3. The highest BCUT2D eigenvalue weighted by Gasteiger charge is 2.38. The predicted molar refractivity (Wildman–Crippen MR) is 146 cm³/mol. The summed E-state index contributed by atoms with van der Waals surface area (Å²) >= 11 is 0. The number of likely N-dealkylation sites (N-methyl/N-ethyl adjacent to an activating group) is 1. The van der Waals surface area contributed by atoms with Gasteiger partial charge in [-0.3, -0.25) is 14.4 Å². The van der Waals surface area contributed by atoms with E-state index < -0.39 is 28.6 Å². The number of fused-ring (bicyclic) bond motifs is 1. The summed E-state index contributed by atoms with van der Waals surface area (Å²) in [4.78, 5) is 38.3. The van der Waals surface area contributed by atoms with Crippen molar-refractivity contribution in [2.45, 2.75) is 37.2 Å². The molecule has 0 radical (unpaired) electrons. The van der Waals surface area contributed by atoms with Crippen molar-refractivity contribution in [3.8, 4) is 0 Å². The molecule has 3 aromatic carbocycles. The molecule has 1 aliphatic heterocycles. The number of hydrogen-bond donors (Lipinski definition) is 1. The fraction of sp³-hybridized carbons (Fsp3) is 0.276. The highest BCUT2D eigenvalue weighted by Crippen LogP contribution is 2.36. The molecule has 204 valence electrons. The molecule has 1 heterocycles. The molecule has 4 rings (SSSR count). The van der Waals surface area contributed by atoms with E-state index in [9.17, 15) is 22.8 Å². The Morgan fingerprint density at radius 1 is 0.974 bits per heavy atom. The number of anilines is 1. The second kappa shape index (κ2) is 12.2. The molecule has 0 saturated carbocycles. The first kappa shape index (κ1) is 28.0. The average molecular weight is 550 g/mol. The maximum Gasteiger partial charge on any atom is 0.308 e. The third-order valence-corrected chi connectivity index (χ3v) is 8.47. The number of rotatable bonds is 9. The van der Waals surface area contributed by atoms with Crippen molar-refractivity contribution < 1.29 is 27.5 Å². The molecule has 1 atom stereocenters. The fourth-order valence-electron chi connectivity index (χ4n) is 4.59. The van der Waals surface area contributed by atoms with Crippen LogP contribution in [0, 0.1) is 0 Å². The molecular weight excluding hydrogens is 518 g/mol. The fourth-order valence-corrected chi connectivity index (χ4v) is 6.20. The number of esters is 1. The molecule has 9 nitrogen and oxygen atoms in total. The van der Waals surface area contributed by atoms with Gasteiger partial charge in [0.15, 0.2) is 6.61 Å². The second-order valence-corrected chi connectivity index (χ2v) is 11.3. The van der Waals surface area contributed by atoms with Gasteiger partial charge < -0.3 is 15.0 Å². The lowest BCUT2D eigenvalue weighted by Gasteiger charge is -2.36. The number of nitrogens with one attached hydrogen (secondary N) is 1. The highest BCUT2D eigenvalue weighted by molar-refractivity contribution is 7.89. The van der Waals surface area contributed by atoms with Crippen LogP contribution in [0.3, 0.4) is 0 Å². The van der Waals surface area contributed by atoms with Crippen LogP contribution < -0.4 is 5.32 Å². The minimum absolute atomic E-state index is 0.0482. The summed E-state index contributed by atoms with van der Waals surface area (Å²) in [6, 6.07) is 22.0. The normalized spacial score (nSPS) is 15.2. The summed E-state index contributed by atoms with van der Waals surface area (Å²) in [6.45, 7) is 1.49. The zero-order valence-electron chi connectivity index (χ0n) is 21.9. The van der Waals surface area contributed by atoms with Crippen LogP contribution in [0.15, 0.2) is 83.8 Å². The predicted octanol–water partition coefficient (Wildman–Crippen LogP) is 3.53. The van der Waals surface area contributed by atoms with Crippen LogP contribution in [0.1, 0.15) is 36.1 Å². The molecule has 1 N–H and O–H groups in total. The second-order valence-electron chi connectivity index (χ2n) is 9.39. The molecule has 2 amide bonds. The molecule has 1 aliphatic rings. The minimum Gasteiger partial charge on any atom is -0.456 e. The van der Waals surface area contributed by atoms with Crippen LogP contribution in [0.4, 0.5) is 5.69 Å². The lowest BCUT2D eigenvalue weighted by Crippen LogP contribution is -2.41. The third-order valence-electron chi connectivity index (χ3n) is 6.55. The molecule has 0 saturated heterocycles. The lowest BCUT2D eigenvalue weighted by molar-refractivity contribution is -0.152. The van der Waals surface area contributed by atoms with Crippen molar-refractivity contribution >= 4 is 33.5 Å². The van der Waals surface area contributed by atoms with Crippen molar-refractivity contribution in [3.05, 3.63) is 95.6 Å². The van der Waals surface area contributed by atoms with E-state index in [1.165, 1.54) is 40.4 Å². The summed E-state index contributed by atoms with van der Waals surface area (Å²) in [5.74, 6) is -1.29. The van der Waals surface area contributed by atoms with Crippen LogP contribution in [-0.2, 0) is 42.1 Å². The Hall–Kier alpha value is -4.02. The summed E-state index contributed by atoms with van der Waals surface area (Å²) in [6.07, 6.45) is 0.254. The van der Waals surface area contributed by atoms with Gasteiger partial charge in [-0.05, 0) is 47.4 Å². The smallest absolute Gasteiger partial charge is 0.308 e. The van der Waals surface area contributed by atoms with E-state index in [0.29, 0.717) is 18.7 Å². The molecule has 0 spiro atoms. The zero-order valence-corrected chi connectivity index (χ0v) is 22.7. The van der Waals surface area contributed by atoms with E-state index in [0.717, 1.165) is 16.7 Å². The van der Waals surface area contributed by atoms with Crippen LogP contribution in [0.2, 0.25) is 0 Å². The standard InChI is InChI=1S/C29H31N3O6S/c1-21(33)30-24-12-14-25(15-13-24)39(36,37)32-17-16-23-10-6-7-11-26(23)27(32)18-29(35)38-20-28(34)31(2)19-22-8-4-3-5-9-22/h3-15,27H,16-20H2,1-2H3,(H,30,33). The van der Waals surface area contributed by atoms with Gasteiger partial charge in [0.25, 0.3) is 5.91 Å². The summed E-state index contributed by atoms with van der Waals surface area (Å²) in [5.41, 5.74) is 3.12. The molecule has 0 aliphatic carbocycles. The van der Waals surface area contributed by atoms with E-state index in [-0.39, 0.29) is 29.7 Å². The van der Waals surface area contributed by atoms with Gasteiger partial charge in [0.1, 0.15) is 0 Å². The van der Waals surface area contributed by atoms with Crippen molar-refractivity contribution in [1.29, 1.82) is 0 Å². The maximum atomic E-state index is 13.7. The van der Waals surface area contributed by atoms with Gasteiger partial charge in [-0.1, -0.05) is 54.6 Å². The molecule has 39 heavy (non-hydrogen) atoms. The Labute approximate surface area is 228 Å². The first-order chi connectivity index (χ1) is 18.6. The summed E-state index contributed by atoms with van der Waals surface area (Å²) in [7, 11) is -2.36. The number of carbonyl (C=O) groups excluding carboxylic acids is 3. The zero-order chi connectivity index (χ0) is 28.0. The average Bonchev–Trinajstić information content (AvgIpc) is 2.92. The largest absolute Gasteiger partial charge is 0.456 e. The van der Waals surface area contributed by atoms with Crippen molar-refractivity contribution in [1.82, 2.24) is 9.21 Å². The third kappa shape index (κ3) is 6.90. The van der Waals surface area contributed by atoms with Gasteiger partial charge in [0, 0.05) is 32.7 Å². The number of sulfonamides is 1. The first-order valence-electron chi connectivity index (χ1n) is 12.6. The van der Waals surface area contributed by atoms with Crippen LogP contribution in [0.5, 0.6) is 0 Å². The summed E-state index contributed by atoms with van der Waals surface area (Å²) < 4.78 is 34.0. The lowest BCUT2D eigenvalue weighted by atomic mass is 9.92. The van der Waals surface area contributed by atoms with Gasteiger partial charge in [0.05, 0.1) is 17.4 Å². The number of hydrogen-bond acceptors (Lipinski definition) is 6. The van der Waals surface area contributed by atoms with Gasteiger partial charge >= 0.3 is 5.97 Å². The Morgan fingerprint density at radius 2 is 1.64 bits per heavy atom. The maximum absolute atomic E-state index is 13.7. The van der Waals surface area contributed by atoms with Gasteiger partial charge in [-0.25, -0.2) is 8.42 Å². The molecule has 0 aromatic heterocycles. The van der Waals surface area contributed by atoms with Gasteiger partial charge in [-0.2, -0.15) is 4.31 Å². The van der Waals surface area contributed by atoms with Crippen molar-refractivity contribution in [2.75, 3.05) is 25.5 Å². The monoisotopic (exact) mass is 549 g/mol. The van der Waals surface area contributed by atoms with Gasteiger partial charge in [-0.15, -0.1) is 0 Å². The number of nitrogens with zero attached hydrogens (tertiary/aromatic N) is 2. The molecule has 0 fully saturated rings. The Kier molecular flexibility index (Phi) is 8.78. The van der Waals surface area contributed by atoms with E-state index in [2.05, 4.69) is 5.32 Å². The number of amides is 2. The highest BCUT2D eigenvalue weighted by atomic mass is 32.2. The van der Waals surface area contributed by atoms with E-state index >= 15 is 0 Å². The van der Waals surface area contributed by atoms with Crippen molar-refractivity contribution in [3.63, 3.8) is 0 Å². The molecular formula is C29H31N3O6S.